The number of para-hydroxylation sites is 2. The van der Waals surface area contributed by atoms with Gasteiger partial charge in [-0.1, -0.05) is 23.7 Å². The van der Waals surface area contributed by atoms with Crippen LogP contribution in [0.4, 0.5) is 16.2 Å². The zero-order valence-electron chi connectivity index (χ0n) is 15.5. The second-order valence-corrected chi connectivity index (χ2v) is 6.82. The number of carbonyl (C=O) groups is 1. The van der Waals surface area contributed by atoms with Crippen LogP contribution in [0.25, 0.3) is 0 Å². The van der Waals surface area contributed by atoms with Crippen molar-refractivity contribution in [1.82, 2.24) is 10.2 Å². The number of piperazine rings is 1. The highest BCUT2D eigenvalue weighted by Gasteiger charge is 2.19. The fraction of sp³-hybridized carbons (Fsp3) is 0.350. The molecule has 0 bridgehead atoms. The number of methoxy groups -OCH3 is 1. The number of ether oxygens (including phenoxy) is 1. The highest BCUT2D eigenvalue weighted by atomic mass is 35.5. The first kappa shape index (κ1) is 19.3. The Balaban J connectivity index is 1.38. The van der Waals surface area contributed by atoms with E-state index in [1.807, 2.05) is 18.2 Å². The third kappa shape index (κ3) is 5.52. The number of hydrogen-bond acceptors (Lipinski definition) is 4. The summed E-state index contributed by atoms with van der Waals surface area (Å²) >= 11 is 5.84. The first-order valence-electron chi connectivity index (χ1n) is 9.06. The van der Waals surface area contributed by atoms with Gasteiger partial charge in [0.25, 0.3) is 0 Å². The summed E-state index contributed by atoms with van der Waals surface area (Å²) < 4.78 is 5.45. The number of nitrogens with one attached hydrogen (secondary N) is 2. The standard InChI is InChI=1S/C20H25ClN4O2/c1-27-19-5-3-2-4-18(19)25-14-12-24(13-15-25)11-10-22-20(26)23-17-8-6-16(21)7-9-17/h2-9H,10-15H2,1H3,(H2,22,23,26). The lowest BCUT2D eigenvalue weighted by molar-refractivity contribution is 0.240. The summed E-state index contributed by atoms with van der Waals surface area (Å²) in [4.78, 5) is 16.6. The van der Waals surface area contributed by atoms with Gasteiger partial charge in [0.05, 0.1) is 12.8 Å². The van der Waals surface area contributed by atoms with Crippen LogP contribution in [0.2, 0.25) is 5.02 Å². The lowest BCUT2D eigenvalue weighted by Gasteiger charge is -2.36. The monoisotopic (exact) mass is 388 g/mol. The molecule has 1 fully saturated rings. The van der Waals surface area contributed by atoms with Crippen molar-refractivity contribution in [2.24, 2.45) is 0 Å². The number of urea groups is 1. The summed E-state index contributed by atoms with van der Waals surface area (Å²) in [6.07, 6.45) is 0. The molecule has 2 aromatic rings. The van der Waals surface area contributed by atoms with Crippen LogP contribution in [0.1, 0.15) is 0 Å². The molecule has 0 saturated carbocycles. The van der Waals surface area contributed by atoms with Crippen LogP contribution in [0.5, 0.6) is 5.75 Å². The topological polar surface area (TPSA) is 56.8 Å². The largest absolute Gasteiger partial charge is 0.495 e. The van der Waals surface area contributed by atoms with Crippen LogP contribution in [0.3, 0.4) is 0 Å². The molecular weight excluding hydrogens is 364 g/mol. The van der Waals surface area contributed by atoms with E-state index in [1.165, 1.54) is 0 Å². The molecule has 27 heavy (non-hydrogen) atoms. The normalized spacial score (nSPS) is 14.7. The van der Waals surface area contributed by atoms with E-state index < -0.39 is 0 Å². The van der Waals surface area contributed by atoms with Crippen molar-refractivity contribution < 1.29 is 9.53 Å². The average molecular weight is 389 g/mol. The van der Waals surface area contributed by atoms with E-state index in [-0.39, 0.29) is 6.03 Å². The van der Waals surface area contributed by atoms with Crippen molar-refractivity contribution in [3.8, 4) is 5.75 Å². The third-order valence-electron chi connectivity index (χ3n) is 4.61. The Morgan fingerprint density at radius 3 is 2.48 bits per heavy atom. The molecule has 1 saturated heterocycles. The predicted molar refractivity (Wildman–Crippen MR) is 110 cm³/mol. The lowest BCUT2D eigenvalue weighted by atomic mass is 10.2. The Bertz CT molecular complexity index is 746. The van der Waals surface area contributed by atoms with Crippen molar-refractivity contribution in [3.05, 3.63) is 53.6 Å². The molecule has 0 spiro atoms. The summed E-state index contributed by atoms with van der Waals surface area (Å²) in [5.74, 6) is 0.909. The molecule has 1 heterocycles. The minimum Gasteiger partial charge on any atom is -0.495 e. The molecule has 0 aliphatic carbocycles. The molecule has 6 nitrogen and oxygen atoms in total. The van der Waals surface area contributed by atoms with Crippen molar-refractivity contribution >= 4 is 29.0 Å². The zero-order chi connectivity index (χ0) is 19.1. The van der Waals surface area contributed by atoms with Gasteiger partial charge in [0, 0.05) is 50.0 Å². The summed E-state index contributed by atoms with van der Waals surface area (Å²) in [6, 6.07) is 15.0. The summed E-state index contributed by atoms with van der Waals surface area (Å²) in [5, 5.41) is 6.34. The number of nitrogens with zero attached hydrogens (tertiary/aromatic N) is 2. The summed E-state index contributed by atoms with van der Waals surface area (Å²) in [5.41, 5.74) is 1.86. The molecule has 3 rings (SSSR count). The molecule has 2 aromatic carbocycles. The summed E-state index contributed by atoms with van der Waals surface area (Å²) in [7, 11) is 1.70. The predicted octanol–water partition coefficient (Wildman–Crippen LogP) is 3.29. The van der Waals surface area contributed by atoms with Gasteiger partial charge in [0.15, 0.2) is 0 Å². The smallest absolute Gasteiger partial charge is 0.319 e. The quantitative estimate of drug-likeness (QED) is 0.797. The molecule has 7 heteroatoms. The van der Waals surface area contributed by atoms with Gasteiger partial charge in [-0.15, -0.1) is 0 Å². The van der Waals surface area contributed by atoms with Crippen molar-refractivity contribution in [2.75, 3.05) is 56.6 Å². The molecule has 1 aliphatic heterocycles. The Kier molecular flexibility index (Phi) is 6.79. The van der Waals surface area contributed by atoms with Crippen LogP contribution in [0.15, 0.2) is 48.5 Å². The van der Waals surface area contributed by atoms with E-state index in [9.17, 15) is 4.79 Å². The Hall–Kier alpha value is -2.44. The molecule has 0 atom stereocenters. The number of rotatable bonds is 6. The van der Waals surface area contributed by atoms with Gasteiger partial charge in [0.2, 0.25) is 0 Å². The molecular formula is C20H25ClN4O2. The van der Waals surface area contributed by atoms with E-state index in [0.717, 1.165) is 49.8 Å². The van der Waals surface area contributed by atoms with Gasteiger partial charge in [-0.25, -0.2) is 4.79 Å². The minimum atomic E-state index is -0.204. The molecule has 0 radical (unpaired) electrons. The van der Waals surface area contributed by atoms with E-state index in [0.29, 0.717) is 11.6 Å². The minimum absolute atomic E-state index is 0.204. The van der Waals surface area contributed by atoms with E-state index in [2.05, 4.69) is 26.5 Å². The molecule has 0 aromatic heterocycles. The maximum absolute atomic E-state index is 12.0. The molecule has 2 amide bonds. The van der Waals surface area contributed by atoms with Gasteiger partial charge in [-0.05, 0) is 36.4 Å². The van der Waals surface area contributed by atoms with Crippen molar-refractivity contribution in [1.29, 1.82) is 0 Å². The fourth-order valence-electron chi connectivity index (χ4n) is 3.14. The Labute approximate surface area is 165 Å². The van der Waals surface area contributed by atoms with Crippen LogP contribution in [-0.4, -0.2) is 57.3 Å². The van der Waals surface area contributed by atoms with Crippen LogP contribution < -0.4 is 20.3 Å². The number of halogens is 1. The maximum atomic E-state index is 12.0. The second kappa shape index (κ2) is 9.48. The lowest BCUT2D eigenvalue weighted by Crippen LogP contribution is -2.48. The molecule has 0 unspecified atom stereocenters. The van der Waals surface area contributed by atoms with E-state index in [4.69, 9.17) is 16.3 Å². The van der Waals surface area contributed by atoms with Crippen LogP contribution in [0, 0.1) is 0 Å². The highest BCUT2D eigenvalue weighted by molar-refractivity contribution is 6.30. The fourth-order valence-corrected chi connectivity index (χ4v) is 3.27. The van der Waals surface area contributed by atoms with Gasteiger partial charge < -0.3 is 20.3 Å². The number of amides is 2. The van der Waals surface area contributed by atoms with Gasteiger partial charge in [0.1, 0.15) is 5.75 Å². The zero-order valence-corrected chi connectivity index (χ0v) is 16.2. The highest BCUT2D eigenvalue weighted by Crippen LogP contribution is 2.28. The van der Waals surface area contributed by atoms with Gasteiger partial charge >= 0.3 is 6.03 Å². The number of anilines is 2. The van der Waals surface area contributed by atoms with Crippen LogP contribution >= 0.6 is 11.6 Å². The van der Waals surface area contributed by atoms with Gasteiger partial charge in [-0.2, -0.15) is 0 Å². The van der Waals surface area contributed by atoms with Gasteiger partial charge in [-0.3, -0.25) is 4.90 Å². The number of carbonyl (C=O) groups excluding carboxylic acids is 1. The number of benzene rings is 2. The molecule has 2 N–H and O–H groups in total. The average Bonchev–Trinajstić information content (AvgIpc) is 2.70. The summed E-state index contributed by atoms with van der Waals surface area (Å²) in [6.45, 7) is 5.23. The first-order chi connectivity index (χ1) is 13.2. The van der Waals surface area contributed by atoms with Crippen LogP contribution in [-0.2, 0) is 0 Å². The second-order valence-electron chi connectivity index (χ2n) is 6.39. The Morgan fingerprint density at radius 1 is 1.07 bits per heavy atom. The third-order valence-corrected chi connectivity index (χ3v) is 4.87. The SMILES string of the molecule is COc1ccccc1N1CCN(CCNC(=O)Nc2ccc(Cl)cc2)CC1. The Morgan fingerprint density at radius 2 is 1.78 bits per heavy atom. The van der Waals surface area contributed by atoms with E-state index in [1.54, 1.807) is 31.4 Å². The first-order valence-corrected chi connectivity index (χ1v) is 9.44. The molecule has 144 valence electrons. The molecule has 1 aliphatic rings. The van der Waals surface area contributed by atoms with E-state index >= 15 is 0 Å². The number of hydrogen-bond donors (Lipinski definition) is 2. The van der Waals surface area contributed by atoms with Crippen molar-refractivity contribution in [2.45, 2.75) is 0 Å². The maximum Gasteiger partial charge on any atom is 0.319 e. The van der Waals surface area contributed by atoms with Crippen molar-refractivity contribution in [3.63, 3.8) is 0 Å².